The summed E-state index contributed by atoms with van der Waals surface area (Å²) in [6, 6.07) is 2.03. The van der Waals surface area contributed by atoms with Gasteiger partial charge in [-0.25, -0.2) is 9.97 Å². The molecule has 0 aliphatic rings. The van der Waals surface area contributed by atoms with Crippen molar-refractivity contribution in [3.8, 4) is 0 Å². The molecule has 0 saturated heterocycles. The first kappa shape index (κ1) is 9.27. The molecule has 0 aliphatic heterocycles. The highest BCUT2D eigenvalue weighted by molar-refractivity contribution is 7.80. The zero-order valence-electron chi connectivity index (χ0n) is 7.64. The predicted octanol–water partition coefficient (Wildman–Crippen LogP) is 2.29. The highest BCUT2D eigenvalue weighted by Crippen LogP contribution is 2.09. The van der Waals surface area contributed by atoms with Crippen LogP contribution in [0.1, 0.15) is 12.0 Å². The van der Waals surface area contributed by atoms with Gasteiger partial charge in [-0.15, -0.1) is 0 Å². The lowest BCUT2D eigenvalue weighted by molar-refractivity contribution is 1.26. The monoisotopic (exact) mass is 205 g/mol. The van der Waals surface area contributed by atoms with Crippen molar-refractivity contribution in [1.29, 1.82) is 0 Å². The topological polar surface area (TPSA) is 41.6 Å². The fraction of sp³-hybridized carbons (Fsp3) is 0.200. The van der Waals surface area contributed by atoms with E-state index in [4.69, 9.17) is 0 Å². The zero-order chi connectivity index (χ0) is 9.80. The fourth-order valence-corrected chi connectivity index (χ4v) is 1.38. The van der Waals surface area contributed by atoms with Gasteiger partial charge in [0, 0.05) is 6.20 Å². The van der Waals surface area contributed by atoms with Crippen molar-refractivity contribution in [2.75, 3.05) is 5.75 Å². The van der Waals surface area contributed by atoms with E-state index in [1.54, 1.807) is 6.33 Å². The lowest BCUT2D eigenvalue weighted by atomic mass is 10.2. The molecule has 0 fully saturated rings. The molecule has 2 heterocycles. The van der Waals surface area contributed by atoms with Gasteiger partial charge in [-0.1, -0.05) is 12.2 Å². The Morgan fingerprint density at radius 1 is 1.43 bits per heavy atom. The Morgan fingerprint density at radius 2 is 2.36 bits per heavy atom. The maximum absolute atomic E-state index is 4.21. The molecule has 72 valence electrons. The summed E-state index contributed by atoms with van der Waals surface area (Å²) in [5, 5.41) is 0. The second-order valence-electron chi connectivity index (χ2n) is 2.96. The summed E-state index contributed by atoms with van der Waals surface area (Å²) >= 11 is 4.13. The molecule has 2 aromatic rings. The first-order chi connectivity index (χ1) is 6.90. The van der Waals surface area contributed by atoms with Crippen LogP contribution in [0.3, 0.4) is 0 Å². The highest BCUT2D eigenvalue weighted by Gasteiger charge is 1.96. The lowest BCUT2D eigenvalue weighted by Gasteiger charge is -1.92. The van der Waals surface area contributed by atoms with Gasteiger partial charge in [0.15, 0.2) is 5.65 Å². The Morgan fingerprint density at radius 3 is 3.21 bits per heavy atom. The van der Waals surface area contributed by atoms with Crippen LogP contribution in [0, 0.1) is 0 Å². The van der Waals surface area contributed by atoms with Gasteiger partial charge in [-0.2, -0.15) is 12.6 Å². The van der Waals surface area contributed by atoms with E-state index < -0.39 is 0 Å². The van der Waals surface area contributed by atoms with Gasteiger partial charge in [-0.3, -0.25) is 0 Å². The van der Waals surface area contributed by atoms with Crippen molar-refractivity contribution >= 4 is 29.9 Å². The van der Waals surface area contributed by atoms with E-state index >= 15 is 0 Å². The largest absolute Gasteiger partial charge is 0.343 e. The zero-order valence-corrected chi connectivity index (χ0v) is 8.54. The van der Waals surface area contributed by atoms with Crippen LogP contribution in [0.25, 0.3) is 17.2 Å². The fourth-order valence-electron chi connectivity index (χ4n) is 1.23. The minimum absolute atomic E-state index is 0.761. The number of nitrogens with one attached hydrogen (secondary N) is 1. The predicted molar refractivity (Wildman–Crippen MR) is 61.4 cm³/mol. The van der Waals surface area contributed by atoms with Crippen LogP contribution in [0.15, 0.2) is 24.7 Å². The molecule has 0 atom stereocenters. The SMILES string of the molecule is SCCC=Cc1cnc2nc[nH]c2c1. The Bertz CT molecular complexity index is 447. The average Bonchev–Trinajstić information content (AvgIpc) is 2.65. The van der Waals surface area contributed by atoms with Gasteiger partial charge in [-0.05, 0) is 23.8 Å². The summed E-state index contributed by atoms with van der Waals surface area (Å²) < 4.78 is 0. The Kier molecular flexibility index (Phi) is 2.84. The summed E-state index contributed by atoms with van der Waals surface area (Å²) in [5.74, 6) is 0.871. The molecule has 1 N–H and O–H groups in total. The minimum Gasteiger partial charge on any atom is -0.343 e. The number of rotatable bonds is 3. The van der Waals surface area contributed by atoms with Gasteiger partial charge in [0.1, 0.15) is 0 Å². The molecular formula is C10H11N3S. The van der Waals surface area contributed by atoms with Gasteiger partial charge in [0.05, 0.1) is 11.8 Å². The van der Waals surface area contributed by atoms with E-state index in [1.165, 1.54) is 0 Å². The summed E-state index contributed by atoms with van der Waals surface area (Å²) in [5.41, 5.74) is 2.82. The number of allylic oxidation sites excluding steroid dienone is 1. The van der Waals surface area contributed by atoms with Crippen LogP contribution in [0.5, 0.6) is 0 Å². The number of pyridine rings is 1. The number of H-pyrrole nitrogens is 1. The van der Waals surface area contributed by atoms with Gasteiger partial charge < -0.3 is 4.98 Å². The van der Waals surface area contributed by atoms with Crippen molar-refractivity contribution in [2.45, 2.75) is 6.42 Å². The van der Waals surface area contributed by atoms with Crippen molar-refractivity contribution in [1.82, 2.24) is 15.0 Å². The van der Waals surface area contributed by atoms with E-state index in [-0.39, 0.29) is 0 Å². The first-order valence-corrected chi connectivity index (χ1v) is 5.10. The Labute approximate surface area is 87.7 Å². The molecule has 2 aromatic heterocycles. The molecule has 0 aliphatic carbocycles. The molecule has 0 bridgehead atoms. The maximum Gasteiger partial charge on any atom is 0.177 e. The normalized spacial score (nSPS) is 11.5. The number of aromatic nitrogens is 3. The number of thiol groups is 1. The molecule has 0 saturated carbocycles. The number of aromatic amines is 1. The molecule has 0 amide bonds. The lowest BCUT2D eigenvalue weighted by Crippen LogP contribution is -1.79. The number of nitrogens with zero attached hydrogens (tertiary/aromatic N) is 2. The summed E-state index contributed by atoms with van der Waals surface area (Å²) in [7, 11) is 0. The number of hydrogen-bond acceptors (Lipinski definition) is 3. The third kappa shape index (κ3) is 1.96. The highest BCUT2D eigenvalue weighted by atomic mass is 32.1. The Hall–Kier alpha value is -1.29. The van der Waals surface area contributed by atoms with Crippen LogP contribution in [-0.2, 0) is 0 Å². The van der Waals surface area contributed by atoms with Crippen LogP contribution in [0.2, 0.25) is 0 Å². The van der Waals surface area contributed by atoms with E-state index in [0.717, 1.165) is 28.9 Å². The molecule has 0 aromatic carbocycles. The van der Waals surface area contributed by atoms with E-state index in [2.05, 4.69) is 33.7 Å². The third-order valence-electron chi connectivity index (χ3n) is 1.90. The molecule has 0 unspecified atom stereocenters. The smallest absolute Gasteiger partial charge is 0.177 e. The maximum atomic E-state index is 4.21. The number of imidazole rings is 1. The van der Waals surface area contributed by atoms with Crippen molar-refractivity contribution < 1.29 is 0 Å². The van der Waals surface area contributed by atoms with E-state index in [0.29, 0.717) is 0 Å². The number of fused-ring (bicyclic) bond motifs is 1. The molecular weight excluding hydrogens is 194 g/mol. The Balaban J connectivity index is 2.25. The van der Waals surface area contributed by atoms with E-state index in [1.807, 2.05) is 18.3 Å². The second-order valence-corrected chi connectivity index (χ2v) is 3.40. The first-order valence-electron chi connectivity index (χ1n) is 4.46. The van der Waals surface area contributed by atoms with Crippen LogP contribution < -0.4 is 0 Å². The van der Waals surface area contributed by atoms with Crippen molar-refractivity contribution in [2.24, 2.45) is 0 Å². The van der Waals surface area contributed by atoms with E-state index in [9.17, 15) is 0 Å². The average molecular weight is 205 g/mol. The van der Waals surface area contributed by atoms with Crippen molar-refractivity contribution in [3.63, 3.8) is 0 Å². The molecule has 0 radical (unpaired) electrons. The third-order valence-corrected chi connectivity index (χ3v) is 2.16. The summed E-state index contributed by atoms with van der Waals surface area (Å²) in [4.78, 5) is 11.3. The molecule has 14 heavy (non-hydrogen) atoms. The van der Waals surface area contributed by atoms with Gasteiger partial charge in [0.2, 0.25) is 0 Å². The number of hydrogen-bond donors (Lipinski definition) is 2. The van der Waals surface area contributed by atoms with Crippen LogP contribution in [-0.4, -0.2) is 20.7 Å². The van der Waals surface area contributed by atoms with Crippen LogP contribution >= 0.6 is 12.6 Å². The van der Waals surface area contributed by atoms with Crippen LogP contribution in [0.4, 0.5) is 0 Å². The molecule has 0 spiro atoms. The van der Waals surface area contributed by atoms with Gasteiger partial charge in [0.25, 0.3) is 0 Å². The van der Waals surface area contributed by atoms with Gasteiger partial charge >= 0.3 is 0 Å². The second kappa shape index (κ2) is 4.28. The molecule has 3 nitrogen and oxygen atoms in total. The quantitative estimate of drug-likeness (QED) is 0.755. The minimum atomic E-state index is 0.761. The van der Waals surface area contributed by atoms with Crippen molar-refractivity contribution in [3.05, 3.63) is 30.2 Å². The summed E-state index contributed by atoms with van der Waals surface area (Å²) in [6.45, 7) is 0. The summed E-state index contributed by atoms with van der Waals surface area (Å²) in [6.07, 6.45) is 8.58. The molecule has 2 rings (SSSR count). The molecule has 4 heteroatoms. The standard InChI is InChI=1S/C10H11N3S/c14-4-2-1-3-8-5-9-10(11-6-8)13-7-12-9/h1,3,5-7,14H,2,4H2,(H,11,12,13).